The minimum absolute atomic E-state index is 0.175. The molecule has 0 bridgehead atoms. The highest BCUT2D eigenvalue weighted by atomic mass is 79.9. The molecule has 3 amide bonds. The molecule has 6 nitrogen and oxygen atoms in total. The Morgan fingerprint density at radius 3 is 2.68 bits per heavy atom. The van der Waals surface area contributed by atoms with E-state index < -0.39 is 17.8 Å². The predicted molar refractivity (Wildman–Crippen MR) is 85.1 cm³/mol. The molecule has 7 heteroatoms. The fourth-order valence-corrected chi connectivity index (χ4v) is 3.11. The molecule has 1 aromatic rings. The highest BCUT2D eigenvalue weighted by Gasteiger charge is 2.55. The largest absolute Gasteiger partial charge is 0.371 e. The summed E-state index contributed by atoms with van der Waals surface area (Å²) < 4.78 is 0.917. The van der Waals surface area contributed by atoms with Crippen LogP contribution >= 0.6 is 15.9 Å². The Morgan fingerprint density at radius 1 is 1.45 bits per heavy atom. The van der Waals surface area contributed by atoms with Crippen molar-refractivity contribution >= 4 is 33.6 Å². The number of nitrogens with zero attached hydrogens (tertiary/aromatic N) is 1. The Bertz CT molecular complexity index is 603. The number of carbonyl (C=O) groups is 2. The number of hydrogen-bond donors (Lipinski definition) is 3. The van der Waals surface area contributed by atoms with Crippen LogP contribution in [0, 0.1) is 5.92 Å². The lowest BCUT2D eigenvalue weighted by molar-refractivity contribution is -0.119. The fourth-order valence-electron chi connectivity index (χ4n) is 2.84. The number of halogens is 1. The summed E-state index contributed by atoms with van der Waals surface area (Å²) >= 11 is 3.32. The number of anilines is 1. The standard InChI is InChI=1S/C15H18BrN3O3/c1-15(9-2-3-9)13(21)19(14(22)18-15)8-12(20)17-11-6-4-10(16)5-7-11/h4-7,9,13,21H,2-3,8H2,1H3,(H,17,20)(H,18,22). The highest BCUT2D eigenvalue weighted by Crippen LogP contribution is 2.44. The summed E-state index contributed by atoms with van der Waals surface area (Å²) in [5.74, 6) is -0.0532. The second-order valence-electron chi connectivity index (χ2n) is 6.04. The first-order chi connectivity index (χ1) is 10.4. The normalized spacial score (nSPS) is 27.7. The second-order valence-corrected chi connectivity index (χ2v) is 6.96. The van der Waals surface area contributed by atoms with Crippen LogP contribution in [-0.4, -0.2) is 40.3 Å². The summed E-state index contributed by atoms with van der Waals surface area (Å²) in [7, 11) is 0. The van der Waals surface area contributed by atoms with Gasteiger partial charge >= 0.3 is 6.03 Å². The Balaban J connectivity index is 1.63. The molecule has 22 heavy (non-hydrogen) atoms. The zero-order chi connectivity index (χ0) is 15.9. The van der Waals surface area contributed by atoms with Gasteiger partial charge in [0.25, 0.3) is 0 Å². The zero-order valence-electron chi connectivity index (χ0n) is 12.2. The number of nitrogens with one attached hydrogen (secondary N) is 2. The minimum atomic E-state index is -0.983. The molecule has 3 rings (SSSR count). The third-order valence-corrected chi connectivity index (χ3v) is 4.86. The van der Waals surface area contributed by atoms with E-state index in [0.717, 1.165) is 17.3 Å². The third-order valence-electron chi connectivity index (χ3n) is 4.34. The summed E-state index contributed by atoms with van der Waals surface area (Å²) in [4.78, 5) is 25.3. The maximum atomic E-state index is 12.1. The first-order valence-electron chi connectivity index (χ1n) is 7.22. The number of urea groups is 1. The number of aliphatic hydroxyl groups is 1. The lowest BCUT2D eigenvalue weighted by Crippen LogP contribution is -2.50. The van der Waals surface area contributed by atoms with Gasteiger partial charge in [0.1, 0.15) is 6.54 Å². The topological polar surface area (TPSA) is 81.7 Å². The molecule has 0 spiro atoms. The van der Waals surface area contributed by atoms with Crippen LogP contribution < -0.4 is 10.6 Å². The number of amides is 3. The molecule has 0 radical (unpaired) electrons. The first-order valence-corrected chi connectivity index (χ1v) is 8.02. The van der Waals surface area contributed by atoms with Gasteiger partial charge in [-0.25, -0.2) is 4.79 Å². The molecule has 1 aliphatic heterocycles. The van der Waals surface area contributed by atoms with Crippen molar-refractivity contribution in [3.8, 4) is 0 Å². The van der Waals surface area contributed by atoms with E-state index in [0.29, 0.717) is 5.69 Å². The van der Waals surface area contributed by atoms with Crippen LogP contribution in [0.25, 0.3) is 0 Å². The van der Waals surface area contributed by atoms with Crippen LogP contribution in [0.4, 0.5) is 10.5 Å². The monoisotopic (exact) mass is 367 g/mol. The summed E-state index contributed by atoms with van der Waals surface area (Å²) in [5, 5.41) is 15.9. The molecular formula is C15H18BrN3O3. The summed E-state index contributed by atoms with van der Waals surface area (Å²) in [5.41, 5.74) is -0.0122. The van der Waals surface area contributed by atoms with Crippen LogP contribution in [0.3, 0.4) is 0 Å². The van der Waals surface area contributed by atoms with Gasteiger partial charge in [-0.1, -0.05) is 15.9 Å². The van der Waals surface area contributed by atoms with Gasteiger partial charge in [0, 0.05) is 10.2 Å². The van der Waals surface area contributed by atoms with Gasteiger partial charge in [0.2, 0.25) is 5.91 Å². The number of rotatable bonds is 4. The lowest BCUT2D eigenvalue weighted by Gasteiger charge is -2.29. The highest BCUT2D eigenvalue weighted by molar-refractivity contribution is 9.10. The van der Waals surface area contributed by atoms with E-state index in [1.54, 1.807) is 12.1 Å². The average Bonchev–Trinajstić information content (AvgIpc) is 3.28. The third kappa shape index (κ3) is 2.83. The van der Waals surface area contributed by atoms with Gasteiger partial charge < -0.3 is 15.7 Å². The van der Waals surface area contributed by atoms with E-state index in [2.05, 4.69) is 26.6 Å². The Labute approximate surface area is 137 Å². The molecule has 2 fully saturated rings. The van der Waals surface area contributed by atoms with Crippen LogP contribution in [-0.2, 0) is 4.79 Å². The molecule has 1 saturated heterocycles. The van der Waals surface area contributed by atoms with Crippen molar-refractivity contribution in [3.63, 3.8) is 0 Å². The SMILES string of the molecule is CC1(C2CC2)NC(=O)N(CC(=O)Nc2ccc(Br)cc2)C1O. The Hall–Kier alpha value is -1.60. The summed E-state index contributed by atoms with van der Waals surface area (Å²) in [6.07, 6.45) is 1.00. The van der Waals surface area contributed by atoms with Crippen molar-refractivity contribution in [2.75, 3.05) is 11.9 Å². The molecule has 118 valence electrons. The molecule has 2 aliphatic rings. The van der Waals surface area contributed by atoms with Gasteiger partial charge in [0.05, 0.1) is 5.54 Å². The average molecular weight is 368 g/mol. The van der Waals surface area contributed by atoms with Crippen molar-refractivity contribution < 1.29 is 14.7 Å². The first kappa shape index (κ1) is 15.3. The smallest absolute Gasteiger partial charge is 0.320 e. The number of carbonyl (C=O) groups excluding carboxylic acids is 2. The number of benzene rings is 1. The molecule has 0 aromatic heterocycles. The van der Waals surface area contributed by atoms with Gasteiger partial charge in [-0.3, -0.25) is 9.69 Å². The Kier molecular flexibility index (Phi) is 3.86. The molecule has 2 unspecified atom stereocenters. The lowest BCUT2D eigenvalue weighted by atomic mass is 9.95. The van der Waals surface area contributed by atoms with E-state index in [1.165, 1.54) is 4.90 Å². The second kappa shape index (κ2) is 5.55. The van der Waals surface area contributed by atoms with E-state index in [9.17, 15) is 14.7 Å². The number of hydrogen-bond acceptors (Lipinski definition) is 3. The maximum Gasteiger partial charge on any atom is 0.320 e. The van der Waals surface area contributed by atoms with E-state index in [1.807, 2.05) is 19.1 Å². The van der Waals surface area contributed by atoms with Gasteiger partial charge in [-0.05, 0) is 49.9 Å². The minimum Gasteiger partial charge on any atom is -0.371 e. The maximum absolute atomic E-state index is 12.1. The van der Waals surface area contributed by atoms with E-state index in [4.69, 9.17) is 0 Å². The predicted octanol–water partition coefficient (Wildman–Crippen LogP) is 1.90. The quantitative estimate of drug-likeness (QED) is 0.759. The number of aliphatic hydroxyl groups excluding tert-OH is 1. The molecule has 2 atom stereocenters. The van der Waals surface area contributed by atoms with Crippen molar-refractivity contribution in [1.29, 1.82) is 0 Å². The van der Waals surface area contributed by atoms with Crippen LogP contribution in [0.2, 0.25) is 0 Å². The molecule has 3 N–H and O–H groups in total. The van der Waals surface area contributed by atoms with Gasteiger partial charge in [-0.15, -0.1) is 0 Å². The van der Waals surface area contributed by atoms with Crippen molar-refractivity contribution in [2.24, 2.45) is 5.92 Å². The van der Waals surface area contributed by atoms with Gasteiger partial charge in [0.15, 0.2) is 6.23 Å². The van der Waals surface area contributed by atoms with Crippen molar-refractivity contribution in [3.05, 3.63) is 28.7 Å². The van der Waals surface area contributed by atoms with E-state index >= 15 is 0 Å². The molecule has 1 heterocycles. The molecular weight excluding hydrogens is 350 g/mol. The summed E-state index contributed by atoms with van der Waals surface area (Å²) in [6, 6.07) is 6.76. The van der Waals surface area contributed by atoms with Crippen molar-refractivity contribution in [2.45, 2.75) is 31.5 Å². The van der Waals surface area contributed by atoms with Crippen LogP contribution in [0.15, 0.2) is 28.7 Å². The van der Waals surface area contributed by atoms with Gasteiger partial charge in [-0.2, -0.15) is 0 Å². The molecule has 1 saturated carbocycles. The van der Waals surface area contributed by atoms with E-state index in [-0.39, 0.29) is 18.4 Å². The van der Waals surface area contributed by atoms with Crippen molar-refractivity contribution in [1.82, 2.24) is 10.2 Å². The van der Waals surface area contributed by atoms with Crippen LogP contribution in [0.1, 0.15) is 19.8 Å². The molecule has 1 aliphatic carbocycles. The summed E-state index contributed by atoms with van der Waals surface area (Å²) in [6.45, 7) is 1.66. The zero-order valence-corrected chi connectivity index (χ0v) is 13.8. The Morgan fingerprint density at radius 2 is 2.09 bits per heavy atom. The van der Waals surface area contributed by atoms with Crippen LogP contribution in [0.5, 0.6) is 0 Å². The molecule has 1 aromatic carbocycles. The fraction of sp³-hybridized carbons (Fsp3) is 0.467.